The molecule has 0 fully saturated rings. The third-order valence-corrected chi connectivity index (χ3v) is 4.76. The molecule has 1 N–H and O–H groups in total. The van der Waals surface area contributed by atoms with Gasteiger partial charge in [0.1, 0.15) is 5.75 Å². The number of methoxy groups -OCH3 is 1. The number of carboxylic acid groups (broad SMARTS) is 1. The Bertz CT molecular complexity index is 530. The van der Waals surface area contributed by atoms with Crippen LogP contribution in [0.25, 0.3) is 5.57 Å². The summed E-state index contributed by atoms with van der Waals surface area (Å²) in [5.41, 5.74) is 2.45. The minimum Gasteiger partial charge on any atom is -0.497 e. The molecule has 3 nitrogen and oxygen atoms in total. The summed E-state index contributed by atoms with van der Waals surface area (Å²) >= 11 is 0. The van der Waals surface area contributed by atoms with Crippen LogP contribution in [0.1, 0.15) is 32.8 Å². The molecule has 0 unspecified atom stereocenters. The number of hydrogen-bond acceptors (Lipinski definition) is 2. The highest BCUT2D eigenvalue weighted by atomic mass is 16.5. The molecule has 0 amide bonds. The molecule has 0 radical (unpaired) electrons. The van der Waals surface area contributed by atoms with Gasteiger partial charge in [-0.2, -0.15) is 0 Å². The van der Waals surface area contributed by atoms with E-state index in [0.717, 1.165) is 12.2 Å². The highest BCUT2D eigenvalue weighted by molar-refractivity contribution is 5.76. The van der Waals surface area contributed by atoms with E-state index < -0.39 is 5.97 Å². The van der Waals surface area contributed by atoms with Gasteiger partial charge in [-0.3, -0.25) is 4.79 Å². The van der Waals surface area contributed by atoms with Crippen LogP contribution in [-0.2, 0) is 4.79 Å². The Balaban J connectivity index is 2.40. The van der Waals surface area contributed by atoms with Crippen molar-refractivity contribution in [3.63, 3.8) is 0 Å². The van der Waals surface area contributed by atoms with Crippen molar-refractivity contribution in [1.82, 2.24) is 0 Å². The van der Waals surface area contributed by atoms with Gasteiger partial charge < -0.3 is 9.84 Å². The zero-order valence-electron chi connectivity index (χ0n) is 13.2. The zero-order chi connectivity index (χ0) is 15.6. The molecular weight excluding hydrogens is 264 g/mol. The highest BCUT2D eigenvalue weighted by Crippen LogP contribution is 2.44. The molecular formula is C18H24O3. The van der Waals surface area contributed by atoms with Crippen LogP contribution in [0, 0.1) is 23.7 Å². The minimum atomic E-state index is -0.682. The first kappa shape index (κ1) is 15.6. The van der Waals surface area contributed by atoms with Gasteiger partial charge >= 0.3 is 5.97 Å². The Morgan fingerprint density at radius 2 is 1.86 bits per heavy atom. The lowest BCUT2D eigenvalue weighted by atomic mass is 9.66. The van der Waals surface area contributed by atoms with E-state index in [1.165, 1.54) is 11.1 Å². The van der Waals surface area contributed by atoms with Crippen molar-refractivity contribution in [2.24, 2.45) is 23.7 Å². The molecule has 0 saturated carbocycles. The van der Waals surface area contributed by atoms with E-state index >= 15 is 0 Å². The first-order chi connectivity index (χ1) is 9.99. The van der Waals surface area contributed by atoms with Crippen LogP contribution < -0.4 is 4.74 Å². The predicted octanol–water partition coefficient (Wildman–Crippen LogP) is 4.09. The van der Waals surface area contributed by atoms with Crippen molar-refractivity contribution in [3.05, 3.63) is 35.9 Å². The van der Waals surface area contributed by atoms with Crippen molar-refractivity contribution < 1.29 is 14.6 Å². The number of rotatable bonds is 4. The fraction of sp³-hybridized carbons (Fsp3) is 0.500. The van der Waals surface area contributed by atoms with Crippen molar-refractivity contribution in [2.75, 3.05) is 7.11 Å². The Kier molecular flexibility index (Phi) is 4.71. The molecule has 0 spiro atoms. The Morgan fingerprint density at radius 3 is 2.33 bits per heavy atom. The fourth-order valence-electron chi connectivity index (χ4n) is 3.66. The second-order valence-corrected chi connectivity index (χ2v) is 5.95. The van der Waals surface area contributed by atoms with Crippen molar-refractivity contribution in [1.29, 1.82) is 0 Å². The molecule has 4 atom stereocenters. The Morgan fingerprint density at radius 1 is 1.24 bits per heavy atom. The normalized spacial score (nSPS) is 28.9. The summed E-state index contributed by atoms with van der Waals surface area (Å²) in [5, 5.41) is 9.47. The van der Waals surface area contributed by atoms with E-state index in [2.05, 4.69) is 32.1 Å². The number of benzene rings is 1. The maximum Gasteiger partial charge on any atom is 0.307 e. The van der Waals surface area contributed by atoms with Gasteiger partial charge in [0.25, 0.3) is 0 Å². The largest absolute Gasteiger partial charge is 0.497 e. The second kappa shape index (κ2) is 6.33. The predicted molar refractivity (Wildman–Crippen MR) is 84.2 cm³/mol. The topological polar surface area (TPSA) is 46.5 Å². The number of hydrogen-bond donors (Lipinski definition) is 1. The highest BCUT2D eigenvalue weighted by Gasteiger charge is 2.39. The van der Waals surface area contributed by atoms with E-state index in [9.17, 15) is 9.90 Å². The zero-order valence-corrected chi connectivity index (χ0v) is 13.2. The number of allylic oxidation sites excluding steroid dienone is 2. The summed E-state index contributed by atoms with van der Waals surface area (Å²) in [4.78, 5) is 11.5. The summed E-state index contributed by atoms with van der Waals surface area (Å²) in [6, 6.07) is 8.05. The lowest BCUT2D eigenvalue weighted by molar-refractivity contribution is -0.145. The first-order valence-electron chi connectivity index (χ1n) is 7.58. The standard InChI is InChI=1S/C18H24O3/c1-5-15-12(3)17(18(19)20)11(2)10-16(15)13-6-8-14(21-4)9-7-13/h6-12,15,17H,5H2,1-4H3,(H,19,20)/t11-,12+,15+,17+/m0/s1. The third-order valence-electron chi connectivity index (χ3n) is 4.76. The molecule has 3 heteroatoms. The Labute approximate surface area is 126 Å². The summed E-state index contributed by atoms with van der Waals surface area (Å²) in [6.07, 6.45) is 3.10. The maximum absolute atomic E-state index is 11.5. The summed E-state index contributed by atoms with van der Waals surface area (Å²) < 4.78 is 5.20. The molecule has 21 heavy (non-hydrogen) atoms. The summed E-state index contributed by atoms with van der Waals surface area (Å²) in [7, 11) is 1.66. The van der Waals surface area contributed by atoms with E-state index in [1.807, 2.05) is 19.1 Å². The molecule has 1 aliphatic rings. The molecule has 0 bridgehead atoms. The lowest BCUT2D eigenvalue weighted by Crippen LogP contribution is -2.35. The summed E-state index contributed by atoms with van der Waals surface area (Å²) in [6.45, 7) is 6.21. The maximum atomic E-state index is 11.5. The fourth-order valence-corrected chi connectivity index (χ4v) is 3.66. The van der Waals surface area contributed by atoms with Crippen LogP contribution in [0.15, 0.2) is 30.3 Å². The first-order valence-corrected chi connectivity index (χ1v) is 7.58. The average molecular weight is 288 g/mol. The van der Waals surface area contributed by atoms with Crippen LogP contribution in [0.4, 0.5) is 0 Å². The quantitative estimate of drug-likeness (QED) is 0.907. The van der Waals surface area contributed by atoms with Crippen LogP contribution in [0.3, 0.4) is 0 Å². The molecule has 2 rings (SSSR count). The monoisotopic (exact) mass is 288 g/mol. The van der Waals surface area contributed by atoms with E-state index in [0.29, 0.717) is 0 Å². The van der Waals surface area contributed by atoms with Crippen LogP contribution in [0.2, 0.25) is 0 Å². The van der Waals surface area contributed by atoms with Crippen molar-refractivity contribution in [2.45, 2.75) is 27.2 Å². The van der Waals surface area contributed by atoms with Crippen LogP contribution in [0.5, 0.6) is 5.75 Å². The Hall–Kier alpha value is -1.77. The molecule has 0 saturated heterocycles. The number of carboxylic acids is 1. The lowest BCUT2D eigenvalue weighted by Gasteiger charge is -2.37. The average Bonchev–Trinajstić information content (AvgIpc) is 2.46. The van der Waals surface area contributed by atoms with Gasteiger partial charge in [0.15, 0.2) is 0 Å². The van der Waals surface area contributed by atoms with E-state index in [4.69, 9.17) is 4.74 Å². The van der Waals surface area contributed by atoms with Gasteiger partial charge in [-0.1, -0.05) is 39.0 Å². The summed E-state index contributed by atoms with van der Waals surface area (Å²) in [5.74, 6) is 0.348. The number of carbonyl (C=O) groups is 1. The van der Waals surface area contributed by atoms with E-state index in [-0.39, 0.29) is 23.7 Å². The smallest absolute Gasteiger partial charge is 0.307 e. The second-order valence-electron chi connectivity index (χ2n) is 5.95. The number of aliphatic carboxylic acids is 1. The molecule has 0 heterocycles. The van der Waals surface area contributed by atoms with E-state index in [1.54, 1.807) is 7.11 Å². The molecule has 0 aromatic heterocycles. The van der Waals surface area contributed by atoms with Crippen LogP contribution >= 0.6 is 0 Å². The minimum absolute atomic E-state index is 0.0531. The molecule has 1 aromatic carbocycles. The van der Waals surface area contributed by atoms with Crippen LogP contribution in [-0.4, -0.2) is 18.2 Å². The van der Waals surface area contributed by atoms with Gasteiger partial charge in [-0.05, 0) is 47.4 Å². The van der Waals surface area contributed by atoms with Gasteiger partial charge in [-0.25, -0.2) is 0 Å². The molecule has 1 aliphatic carbocycles. The van der Waals surface area contributed by atoms with Crippen molar-refractivity contribution >= 4 is 11.5 Å². The van der Waals surface area contributed by atoms with Gasteiger partial charge in [0, 0.05) is 0 Å². The van der Waals surface area contributed by atoms with Gasteiger partial charge in [-0.15, -0.1) is 0 Å². The van der Waals surface area contributed by atoms with Crippen molar-refractivity contribution in [3.8, 4) is 5.75 Å². The molecule has 1 aromatic rings. The van der Waals surface area contributed by atoms with Gasteiger partial charge in [0.05, 0.1) is 13.0 Å². The van der Waals surface area contributed by atoms with Gasteiger partial charge in [0.2, 0.25) is 0 Å². The third kappa shape index (κ3) is 2.97. The molecule has 114 valence electrons. The SMILES string of the molecule is CC[C@H]1C(c2ccc(OC)cc2)=C[C@H](C)[C@@H](C(=O)O)[C@@H]1C. The molecule has 0 aliphatic heterocycles. The number of ether oxygens (including phenoxy) is 1.